The zero-order valence-corrected chi connectivity index (χ0v) is 13.0. The smallest absolute Gasteiger partial charge is 0.240 e. The first-order valence-corrected chi connectivity index (χ1v) is 8.70. The topological polar surface area (TPSA) is 86.3 Å². The second kappa shape index (κ2) is 6.77. The van der Waals surface area contributed by atoms with Gasteiger partial charge in [0.25, 0.3) is 0 Å². The van der Waals surface area contributed by atoms with Gasteiger partial charge in [0.05, 0.1) is 4.90 Å². The molecule has 5 nitrogen and oxygen atoms in total. The Labute approximate surface area is 129 Å². The Kier molecular flexibility index (Phi) is 5.24. The lowest BCUT2D eigenvalue weighted by Crippen LogP contribution is -2.36. The number of hydrogen-bond donors (Lipinski definition) is 1. The number of benzene rings is 1. The summed E-state index contributed by atoms with van der Waals surface area (Å²) >= 11 is 5.73. The van der Waals surface area contributed by atoms with E-state index in [9.17, 15) is 18.3 Å². The number of carboxylic acids is 1. The molecule has 7 heteroatoms. The van der Waals surface area contributed by atoms with Crippen LogP contribution >= 0.6 is 11.6 Å². The van der Waals surface area contributed by atoms with Gasteiger partial charge in [-0.2, -0.15) is 0 Å². The molecule has 1 aliphatic rings. The maximum atomic E-state index is 12.1. The minimum Gasteiger partial charge on any atom is -0.550 e. The molecule has 0 aliphatic heterocycles. The number of carboxylic acid groups (broad SMARTS) is 1. The number of hydrogen-bond acceptors (Lipinski definition) is 4. The third-order valence-electron chi connectivity index (χ3n) is 3.87. The lowest BCUT2D eigenvalue weighted by molar-refractivity contribution is -0.312. The van der Waals surface area contributed by atoms with Crippen LogP contribution in [-0.4, -0.2) is 20.9 Å². The number of sulfonamides is 1. The van der Waals surface area contributed by atoms with Gasteiger partial charge < -0.3 is 9.90 Å². The monoisotopic (exact) mass is 330 g/mol. The molecule has 1 N–H and O–H groups in total. The SMILES string of the molecule is O=C([O-])C1CCC(CNS(=O)(=O)c2ccc(Cl)cc2)CC1. The number of carbonyl (C=O) groups is 1. The highest BCUT2D eigenvalue weighted by Crippen LogP contribution is 2.28. The predicted molar refractivity (Wildman–Crippen MR) is 77.1 cm³/mol. The molecule has 1 aliphatic carbocycles. The number of rotatable bonds is 5. The predicted octanol–water partition coefficient (Wildman–Crippen LogP) is 1.17. The van der Waals surface area contributed by atoms with Gasteiger partial charge in [0.1, 0.15) is 0 Å². The molecule has 0 unspecified atom stereocenters. The van der Waals surface area contributed by atoms with Gasteiger partial charge in [-0.3, -0.25) is 0 Å². The fraction of sp³-hybridized carbons (Fsp3) is 0.500. The van der Waals surface area contributed by atoms with Gasteiger partial charge in [0, 0.05) is 17.5 Å². The van der Waals surface area contributed by atoms with E-state index in [-0.39, 0.29) is 10.8 Å². The van der Waals surface area contributed by atoms with Crippen LogP contribution in [0.3, 0.4) is 0 Å². The van der Waals surface area contributed by atoms with E-state index in [2.05, 4.69) is 4.72 Å². The summed E-state index contributed by atoms with van der Waals surface area (Å²) in [4.78, 5) is 10.9. The molecule has 0 radical (unpaired) electrons. The summed E-state index contributed by atoms with van der Waals surface area (Å²) in [6, 6.07) is 5.97. The van der Waals surface area contributed by atoms with Gasteiger partial charge in [0.15, 0.2) is 0 Å². The van der Waals surface area contributed by atoms with E-state index in [0.717, 1.165) is 0 Å². The van der Waals surface area contributed by atoms with Crippen molar-refractivity contribution in [1.29, 1.82) is 0 Å². The Hall–Kier alpha value is -1.11. The van der Waals surface area contributed by atoms with Crippen LogP contribution in [0.5, 0.6) is 0 Å². The van der Waals surface area contributed by atoms with E-state index in [1.54, 1.807) is 0 Å². The van der Waals surface area contributed by atoms with Gasteiger partial charge in [-0.25, -0.2) is 13.1 Å². The van der Waals surface area contributed by atoms with Crippen LogP contribution in [0, 0.1) is 11.8 Å². The van der Waals surface area contributed by atoms with Gasteiger partial charge in [-0.1, -0.05) is 11.6 Å². The molecule has 0 spiro atoms. The van der Waals surface area contributed by atoms with Crippen LogP contribution in [0.15, 0.2) is 29.2 Å². The van der Waals surface area contributed by atoms with E-state index < -0.39 is 21.9 Å². The zero-order valence-electron chi connectivity index (χ0n) is 11.4. The molecule has 0 amide bonds. The lowest BCUT2D eigenvalue weighted by Gasteiger charge is -2.29. The van der Waals surface area contributed by atoms with Crippen molar-refractivity contribution >= 4 is 27.6 Å². The molecule has 1 fully saturated rings. The van der Waals surface area contributed by atoms with Crippen molar-refractivity contribution in [3.05, 3.63) is 29.3 Å². The van der Waals surface area contributed by atoms with E-state index >= 15 is 0 Å². The quantitative estimate of drug-likeness (QED) is 0.878. The van der Waals surface area contributed by atoms with Crippen molar-refractivity contribution < 1.29 is 18.3 Å². The fourth-order valence-electron chi connectivity index (χ4n) is 2.53. The van der Waals surface area contributed by atoms with Crippen molar-refractivity contribution in [2.45, 2.75) is 30.6 Å². The molecule has 116 valence electrons. The van der Waals surface area contributed by atoms with Gasteiger partial charge in [-0.05, 0) is 61.8 Å². The van der Waals surface area contributed by atoms with Gasteiger partial charge in [-0.15, -0.1) is 0 Å². The molecule has 0 saturated heterocycles. The largest absolute Gasteiger partial charge is 0.550 e. The van der Waals surface area contributed by atoms with Crippen molar-refractivity contribution in [2.24, 2.45) is 11.8 Å². The zero-order chi connectivity index (χ0) is 15.5. The molecular formula is C14H17ClNO4S-. The summed E-state index contributed by atoms with van der Waals surface area (Å²) in [6.07, 6.45) is 2.49. The molecule has 0 heterocycles. The number of aliphatic carboxylic acids is 1. The Morgan fingerprint density at radius 1 is 1.19 bits per heavy atom. The first kappa shape index (κ1) is 16.3. The average molecular weight is 331 g/mol. The van der Waals surface area contributed by atoms with Crippen LogP contribution < -0.4 is 9.83 Å². The Morgan fingerprint density at radius 2 is 1.76 bits per heavy atom. The first-order valence-electron chi connectivity index (χ1n) is 6.84. The Balaban J connectivity index is 1.88. The summed E-state index contributed by atoms with van der Waals surface area (Å²) in [7, 11) is -3.54. The van der Waals surface area contributed by atoms with E-state index in [4.69, 9.17) is 11.6 Å². The molecule has 1 saturated carbocycles. The normalized spacial score (nSPS) is 22.9. The molecule has 21 heavy (non-hydrogen) atoms. The van der Waals surface area contributed by atoms with E-state index in [0.29, 0.717) is 37.3 Å². The van der Waals surface area contributed by atoms with Crippen molar-refractivity contribution in [3.63, 3.8) is 0 Å². The molecular weight excluding hydrogens is 314 g/mol. The third kappa shape index (κ3) is 4.43. The van der Waals surface area contributed by atoms with Crippen molar-refractivity contribution in [2.75, 3.05) is 6.54 Å². The summed E-state index contributed by atoms with van der Waals surface area (Å²) in [5.74, 6) is -1.23. The highest BCUT2D eigenvalue weighted by Gasteiger charge is 2.23. The number of halogens is 1. The lowest BCUT2D eigenvalue weighted by atomic mass is 9.82. The van der Waals surface area contributed by atoms with E-state index in [1.807, 2.05) is 0 Å². The van der Waals surface area contributed by atoms with Gasteiger partial charge >= 0.3 is 0 Å². The molecule has 1 aromatic carbocycles. The first-order chi connectivity index (χ1) is 9.88. The minimum atomic E-state index is -3.54. The van der Waals surface area contributed by atoms with Gasteiger partial charge in [0.2, 0.25) is 10.0 Å². The Morgan fingerprint density at radius 3 is 2.29 bits per heavy atom. The molecule has 1 aromatic rings. The van der Waals surface area contributed by atoms with E-state index in [1.165, 1.54) is 24.3 Å². The summed E-state index contributed by atoms with van der Waals surface area (Å²) < 4.78 is 26.8. The average Bonchev–Trinajstić information content (AvgIpc) is 2.46. The second-order valence-electron chi connectivity index (χ2n) is 5.34. The Bertz CT molecular complexity index is 592. The summed E-state index contributed by atoms with van der Waals surface area (Å²) in [6.45, 7) is 0.324. The molecule has 0 aromatic heterocycles. The van der Waals surface area contributed by atoms with Crippen molar-refractivity contribution in [1.82, 2.24) is 4.72 Å². The van der Waals surface area contributed by atoms with Crippen LogP contribution in [-0.2, 0) is 14.8 Å². The van der Waals surface area contributed by atoms with Crippen LogP contribution in [0.25, 0.3) is 0 Å². The second-order valence-corrected chi connectivity index (χ2v) is 7.55. The maximum Gasteiger partial charge on any atom is 0.240 e. The van der Waals surface area contributed by atoms with Crippen LogP contribution in [0.4, 0.5) is 0 Å². The fourth-order valence-corrected chi connectivity index (χ4v) is 3.77. The highest BCUT2D eigenvalue weighted by atomic mass is 35.5. The van der Waals surface area contributed by atoms with Crippen LogP contribution in [0.2, 0.25) is 5.02 Å². The number of carbonyl (C=O) groups excluding carboxylic acids is 1. The third-order valence-corrected chi connectivity index (χ3v) is 5.56. The van der Waals surface area contributed by atoms with Crippen molar-refractivity contribution in [3.8, 4) is 0 Å². The molecule has 0 atom stereocenters. The molecule has 2 rings (SSSR count). The summed E-state index contributed by atoms with van der Waals surface area (Å²) in [5.41, 5.74) is 0. The van der Waals surface area contributed by atoms with Crippen LogP contribution in [0.1, 0.15) is 25.7 Å². The maximum absolute atomic E-state index is 12.1. The highest BCUT2D eigenvalue weighted by molar-refractivity contribution is 7.89. The number of nitrogens with one attached hydrogen (secondary N) is 1. The minimum absolute atomic E-state index is 0.169. The summed E-state index contributed by atoms with van der Waals surface area (Å²) in [5, 5.41) is 11.2. The molecule has 0 bridgehead atoms. The standard InChI is InChI=1S/C14H18ClNO4S/c15-12-5-7-13(8-6-12)21(19,20)16-9-10-1-3-11(4-2-10)14(17)18/h5-8,10-11,16H,1-4,9H2,(H,17,18)/p-1.